The van der Waals surface area contributed by atoms with E-state index in [4.69, 9.17) is 0 Å². The van der Waals surface area contributed by atoms with Gasteiger partial charge in [-0.1, -0.05) is 55.8 Å². The summed E-state index contributed by atoms with van der Waals surface area (Å²) in [5.41, 5.74) is 6.90. The maximum absolute atomic E-state index is 13.2. The number of aryl methyl sites for hydroxylation is 1. The molecule has 1 heterocycles. The number of anilines is 2. The van der Waals surface area contributed by atoms with E-state index in [1.165, 1.54) is 54.5 Å². The predicted octanol–water partition coefficient (Wildman–Crippen LogP) is 7.58. The van der Waals surface area contributed by atoms with Crippen LogP contribution in [0.2, 0.25) is 0 Å². The molecule has 3 aromatic carbocycles. The van der Waals surface area contributed by atoms with Crippen LogP contribution in [0.3, 0.4) is 0 Å². The van der Waals surface area contributed by atoms with Gasteiger partial charge in [-0.2, -0.15) is 0 Å². The molecule has 3 aromatic rings. The fourth-order valence-electron chi connectivity index (χ4n) is 6.96. The Balaban J connectivity index is 1.26. The van der Waals surface area contributed by atoms with Gasteiger partial charge in [0.25, 0.3) is 5.91 Å². The van der Waals surface area contributed by atoms with Gasteiger partial charge in [0.2, 0.25) is 0 Å². The molecule has 2 fully saturated rings. The smallest absolute Gasteiger partial charge is 0.255 e. The summed E-state index contributed by atoms with van der Waals surface area (Å²) in [7, 11) is 0. The number of hydrogen-bond acceptors (Lipinski definition) is 2. The zero-order valence-electron chi connectivity index (χ0n) is 20.0. The van der Waals surface area contributed by atoms with Crippen molar-refractivity contribution in [2.45, 2.75) is 57.4 Å². The zero-order chi connectivity index (χ0) is 23.1. The zero-order valence-corrected chi connectivity index (χ0v) is 20.0. The molecule has 2 N–H and O–H groups in total. The van der Waals surface area contributed by atoms with E-state index < -0.39 is 0 Å². The van der Waals surface area contributed by atoms with Crippen molar-refractivity contribution in [2.75, 3.05) is 10.6 Å². The standard InChI is InChI=1S/C31H34N2O/c1-2-3-7-20-10-15-25(16-11-20)32-31(34)24-14-17-27-26(19-24)28-22-12-13-23(18-22)29(28)30(33-27)21-8-5-4-6-9-21/h4-6,8-11,14-17,19,22-23,28-30,33H,2-3,7,12-13,18H2,1H3,(H,32,34)/t22-,23-,28-,29-,30+/m0/s1. The Morgan fingerprint density at radius 3 is 2.56 bits per heavy atom. The summed E-state index contributed by atoms with van der Waals surface area (Å²) in [4.78, 5) is 13.2. The van der Waals surface area contributed by atoms with Gasteiger partial charge in [-0.05, 0) is 103 Å². The van der Waals surface area contributed by atoms with Crippen molar-refractivity contribution >= 4 is 17.3 Å². The average Bonchev–Trinajstić information content (AvgIpc) is 3.51. The molecule has 3 aliphatic rings. The lowest BCUT2D eigenvalue weighted by Gasteiger charge is -2.43. The van der Waals surface area contributed by atoms with Crippen LogP contribution < -0.4 is 10.6 Å². The van der Waals surface area contributed by atoms with Crippen LogP contribution in [0.1, 0.15) is 78.0 Å². The van der Waals surface area contributed by atoms with E-state index in [0.717, 1.165) is 29.5 Å². The number of fused-ring (bicyclic) bond motifs is 7. The summed E-state index contributed by atoms with van der Waals surface area (Å²) in [5, 5.41) is 6.99. The van der Waals surface area contributed by atoms with Crippen LogP contribution >= 0.6 is 0 Å². The Morgan fingerprint density at radius 2 is 1.76 bits per heavy atom. The van der Waals surface area contributed by atoms with Crippen molar-refractivity contribution in [2.24, 2.45) is 17.8 Å². The minimum absolute atomic E-state index is 0.0194. The first-order valence-corrected chi connectivity index (χ1v) is 13.1. The largest absolute Gasteiger partial charge is 0.378 e. The molecule has 1 aliphatic heterocycles. The molecule has 2 aliphatic carbocycles. The summed E-state index contributed by atoms with van der Waals surface area (Å²) in [6, 6.07) is 25.9. The number of carbonyl (C=O) groups is 1. The molecule has 3 nitrogen and oxygen atoms in total. The van der Waals surface area contributed by atoms with Gasteiger partial charge in [-0.25, -0.2) is 0 Å². The van der Waals surface area contributed by atoms with Crippen molar-refractivity contribution in [1.29, 1.82) is 0 Å². The van der Waals surface area contributed by atoms with Crippen LogP contribution in [0, 0.1) is 17.8 Å². The molecular weight excluding hydrogens is 416 g/mol. The van der Waals surface area contributed by atoms with E-state index in [1.807, 2.05) is 18.2 Å². The third kappa shape index (κ3) is 3.81. The first-order chi connectivity index (χ1) is 16.7. The second-order valence-electron chi connectivity index (χ2n) is 10.5. The maximum Gasteiger partial charge on any atom is 0.255 e. The minimum Gasteiger partial charge on any atom is -0.378 e. The molecule has 1 amide bonds. The molecule has 0 unspecified atom stereocenters. The summed E-state index contributed by atoms with van der Waals surface area (Å²) < 4.78 is 0. The number of hydrogen-bond donors (Lipinski definition) is 2. The summed E-state index contributed by atoms with van der Waals surface area (Å²) >= 11 is 0. The first kappa shape index (κ1) is 21.5. The molecule has 2 saturated carbocycles. The highest BCUT2D eigenvalue weighted by atomic mass is 16.1. The number of benzene rings is 3. The normalized spacial score (nSPS) is 26.4. The average molecular weight is 451 g/mol. The van der Waals surface area contributed by atoms with Gasteiger partial charge >= 0.3 is 0 Å². The summed E-state index contributed by atoms with van der Waals surface area (Å²) in [6.45, 7) is 2.21. The summed E-state index contributed by atoms with van der Waals surface area (Å²) in [5.74, 6) is 2.67. The maximum atomic E-state index is 13.2. The number of unbranched alkanes of at least 4 members (excludes halogenated alkanes) is 1. The topological polar surface area (TPSA) is 41.1 Å². The van der Waals surface area contributed by atoms with Crippen LogP contribution in [-0.2, 0) is 6.42 Å². The molecule has 2 bridgehead atoms. The predicted molar refractivity (Wildman–Crippen MR) is 139 cm³/mol. The highest BCUT2D eigenvalue weighted by Gasteiger charge is 2.53. The summed E-state index contributed by atoms with van der Waals surface area (Å²) in [6.07, 6.45) is 7.50. The van der Waals surface area contributed by atoms with E-state index in [9.17, 15) is 4.79 Å². The third-order valence-electron chi connectivity index (χ3n) is 8.54. The monoisotopic (exact) mass is 450 g/mol. The lowest BCUT2D eigenvalue weighted by atomic mass is 9.68. The van der Waals surface area contributed by atoms with E-state index in [1.54, 1.807) is 0 Å². The highest BCUT2D eigenvalue weighted by Crippen LogP contribution is 2.63. The van der Waals surface area contributed by atoms with Gasteiger partial charge in [0, 0.05) is 16.9 Å². The Morgan fingerprint density at radius 1 is 0.971 bits per heavy atom. The SMILES string of the molecule is CCCCc1ccc(NC(=O)c2ccc3c(c2)[C@@H]2[C@H]4CC[C@@H](C4)[C@@H]2[C@@H](c2ccccc2)N3)cc1. The van der Waals surface area contributed by atoms with Crippen molar-refractivity contribution in [3.05, 3.63) is 95.1 Å². The second-order valence-corrected chi connectivity index (χ2v) is 10.5. The molecule has 0 aromatic heterocycles. The lowest BCUT2D eigenvalue weighted by Crippen LogP contribution is -2.35. The molecule has 0 radical (unpaired) electrons. The first-order valence-electron chi connectivity index (χ1n) is 13.1. The molecular formula is C31H34N2O. The van der Waals surface area contributed by atoms with Crippen molar-refractivity contribution < 1.29 is 4.79 Å². The highest BCUT2D eigenvalue weighted by molar-refractivity contribution is 6.04. The quantitative estimate of drug-likeness (QED) is 0.406. The van der Waals surface area contributed by atoms with Gasteiger partial charge in [-0.3, -0.25) is 4.79 Å². The Bertz CT molecular complexity index is 1170. The van der Waals surface area contributed by atoms with Crippen molar-refractivity contribution in [1.82, 2.24) is 0 Å². The van der Waals surface area contributed by atoms with Gasteiger partial charge in [0.15, 0.2) is 0 Å². The van der Waals surface area contributed by atoms with E-state index in [2.05, 4.69) is 72.2 Å². The molecule has 34 heavy (non-hydrogen) atoms. The Hall–Kier alpha value is -3.07. The number of carbonyl (C=O) groups excluding carboxylic acids is 1. The lowest BCUT2D eigenvalue weighted by molar-refractivity contribution is 0.102. The minimum atomic E-state index is -0.0194. The Labute approximate surface area is 203 Å². The van der Waals surface area contributed by atoms with Crippen molar-refractivity contribution in [3.63, 3.8) is 0 Å². The number of nitrogens with one attached hydrogen (secondary N) is 2. The van der Waals surface area contributed by atoms with Crippen LogP contribution in [0.15, 0.2) is 72.8 Å². The number of rotatable bonds is 6. The van der Waals surface area contributed by atoms with Crippen molar-refractivity contribution in [3.8, 4) is 0 Å². The van der Waals surface area contributed by atoms with Gasteiger partial charge in [0.1, 0.15) is 0 Å². The van der Waals surface area contributed by atoms with Crippen LogP contribution in [-0.4, -0.2) is 5.91 Å². The number of amides is 1. The van der Waals surface area contributed by atoms with Crippen LogP contribution in [0.5, 0.6) is 0 Å². The molecule has 174 valence electrons. The molecule has 3 heteroatoms. The second kappa shape index (κ2) is 8.94. The van der Waals surface area contributed by atoms with Gasteiger partial charge in [-0.15, -0.1) is 0 Å². The van der Waals surface area contributed by atoms with E-state index in [0.29, 0.717) is 17.9 Å². The van der Waals surface area contributed by atoms with Gasteiger partial charge in [0.05, 0.1) is 6.04 Å². The molecule has 0 saturated heterocycles. The van der Waals surface area contributed by atoms with Crippen LogP contribution in [0.4, 0.5) is 11.4 Å². The fourth-order valence-corrected chi connectivity index (χ4v) is 6.96. The van der Waals surface area contributed by atoms with Crippen LogP contribution in [0.25, 0.3) is 0 Å². The molecule has 0 spiro atoms. The van der Waals surface area contributed by atoms with E-state index in [-0.39, 0.29) is 5.91 Å². The third-order valence-corrected chi connectivity index (χ3v) is 8.54. The Kier molecular flexibility index (Phi) is 5.64. The van der Waals surface area contributed by atoms with Gasteiger partial charge < -0.3 is 10.6 Å². The molecule has 6 rings (SSSR count). The molecule has 5 atom stereocenters. The van der Waals surface area contributed by atoms with E-state index >= 15 is 0 Å². The fraction of sp³-hybridized carbons (Fsp3) is 0.387.